The molecule has 0 aliphatic carbocycles. The van der Waals surface area contributed by atoms with Gasteiger partial charge in [-0.2, -0.15) is 0 Å². The van der Waals surface area contributed by atoms with Gasteiger partial charge in [-0.3, -0.25) is 14.5 Å². The molecule has 3 aliphatic rings. The average Bonchev–Trinajstić information content (AvgIpc) is 2.78. The number of nitrogens with one attached hydrogen (secondary N) is 1. The molecule has 0 aromatic rings. The average molecular weight is 293 g/mol. The number of rotatable bonds is 2. The van der Waals surface area contributed by atoms with E-state index in [1.165, 1.54) is 19.3 Å². The number of nitrogens with zero attached hydrogens (tertiary/aromatic N) is 2. The predicted octanol–water partition coefficient (Wildman–Crippen LogP) is 1.13. The molecule has 21 heavy (non-hydrogen) atoms. The molecule has 0 spiro atoms. The Kier molecular flexibility index (Phi) is 4.78. The first kappa shape index (κ1) is 14.8. The lowest BCUT2D eigenvalue weighted by Gasteiger charge is -2.40. The summed E-state index contributed by atoms with van der Waals surface area (Å²) in [5, 5.41) is 3.00. The summed E-state index contributed by atoms with van der Waals surface area (Å²) in [6.07, 6.45) is 8.66. The Morgan fingerprint density at radius 3 is 2.52 bits per heavy atom. The molecule has 3 rings (SSSR count). The first-order valence-electron chi connectivity index (χ1n) is 8.54. The van der Waals surface area contributed by atoms with E-state index >= 15 is 0 Å². The van der Waals surface area contributed by atoms with E-state index in [-0.39, 0.29) is 17.9 Å². The van der Waals surface area contributed by atoms with E-state index in [0.717, 1.165) is 38.8 Å². The second kappa shape index (κ2) is 6.77. The van der Waals surface area contributed by atoms with E-state index in [0.29, 0.717) is 25.6 Å². The molecule has 3 fully saturated rings. The lowest BCUT2D eigenvalue weighted by molar-refractivity contribution is -0.134. The Hall–Kier alpha value is -1.10. The number of piperidine rings is 1. The highest BCUT2D eigenvalue weighted by Crippen LogP contribution is 2.27. The van der Waals surface area contributed by atoms with Gasteiger partial charge in [0.05, 0.1) is 6.54 Å². The molecule has 2 bridgehead atoms. The van der Waals surface area contributed by atoms with Gasteiger partial charge in [0.2, 0.25) is 11.8 Å². The highest BCUT2D eigenvalue weighted by molar-refractivity contribution is 5.79. The van der Waals surface area contributed by atoms with Crippen LogP contribution in [0.15, 0.2) is 0 Å². The predicted molar refractivity (Wildman–Crippen MR) is 80.8 cm³/mol. The molecule has 0 aromatic heterocycles. The molecule has 118 valence electrons. The molecule has 3 aliphatic heterocycles. The molecule has 2 atom stereocenters. The number of hydrogen-bond donors (Lipinski definition) is 1. The van der Waals surface area contributed by atoms with Gasteiger partial charge in [-0.25, -0.2) is 0 Å². The first-order valence-corrected chi connectivity index (χ1v) is 8.54. The highest BCUT2D eigenvalue weighted by atomic mass is 16.2. The minimum atomic E-state index is 0.150. The first-order chi connectivity index (χ1) is 10.2. The maximum absolute atomic E-state index is 12.6. The van der Waals surface area contributed by atoms with E-state index in [1.807, 2.05) is 4.90 Å². The summed E-state index contributed by atoms with van der Waals surface area (Å²) in [6.45, 7) is 3.05. The van der Waals surface area contributed by atoms with Gasteiger partial charge < -0.3 is 10.2 Å². The topological polar surface area (TPSA) is 52.7 Å². The maximum atomic E-state index is 12.6. The smallest absolute Gasteiger partial charge is 0.236 e. The van der Waals surface area contributed by atoms with E-state index in [2.05, 4.69) is 10.2 Å². The van der Waals surface area contributed by atoms with Gasteiger partial charge in [0, 0.05) is 38.1 Å². The molecule has 2 amide bonds. The molecule has 0 unspecified atom stereocenters. The minimum absolute atomic E-state index is 0.150. The second-order valence-corrected chi connectivity index (χ2v) is 6.71. The Balaban J connectivity index is 1.64. The van der Waals surface area contributed by atoms with E-state index < -0.39 is 0 Å². The molecule has 5 heteroatoms. The van der Waals surface area contributed by atoms with Crippen LogP contribution in [0.1, 0.15) is 51.4 Å². The molecule has 0 saturated carbocycles. The summed E-state index contributed by atoms with van der Waals surface area (Å²) in [5.74, 6) is 0.416. The third kappa shape index (κ3) is 3.57. The van der Waals surface area contributed by atoms with E-state index in [9.17, 15) is 9.59 Å². The quantitative estimate of drug-likeness (QED) is 0.830. The summed E-state index contributed by atoms with van der Waals surface area (Å²) < 4.78 is 0. The number of fused-ring (bicyclic) bond motifs is 2. The number of hydrogen-bond acceptors (Lipinski definition) is 3. The Morgan fingerprint density at radius 2 is 1.76 bits per heavy atom. The third-order valence-electron chi connectivity index (χ3n) is 5.25. The van der Waals surface area contributed by atoms with Gasteiger partial charge in [-0.15, -0.1) is 0 Å². The van der Waals surface area contributed by atoms with Crippen molar-refractivity contribution in [3.8, 4) is 0 Å². The van der Waals surface area contributed by atoms with Crippen LogP contribution in [-0.4, -0.2) is 59.9 Å². The summed E-state index contributed by atoms with van der Waals surface area (Å²) in [5.41, 5.74) is 0. The fraction of sp³-hybridized carbons (Fsp3) is 0.875. The SMILES string of the molecule is O=C1C[C@H]2CCC[C@@H](CN1)N2CC(=O)N1CCCCCC1. The molecule has 0 radical (unpaired) electrons. The Bertz CT molecular complexity index is 391. The van der Waals surface area contributed by atoms with E-state index in [4.69, 9.17) is 0 Å². The van der Waals surface area contributed by atoms with Gasteiger partial charge in [0.1, 0.15) is 0 Å². The van der Waals surface area contributed by atoms with Crippen LogP contribution in [0, 0.1) is 0 Å². The van der Waals surface area contributed by atoms with Crippen LogP contribution in [-0.2, 0) is 9.59 Å². The number of likely N-dealkylation sites (tertiary alicyclic amines) is 1. The van der Waals surface area contributed by atoms with Gasteiger partial charge in [-0.1, -0.05) is 19.3 Å². The number of carbonyl (C=O) groups is 2. The van der Waals surface area contributed by atoms with Crippen LogP contribution in [0.3, 0.4) is 0 Å². The maximum Gasteiger partial charge on any atom is 0.236 e. The van der Waals surface area contributed by atoms with Crippen molar-refractivity contribution < 1.29 is 9.59 Å². The zero-order valence-electron chi connectivity index (χ0n) is 12.9. The number of amides is 2. The van der Waals surface area contributed by atoms with Gasteiger partial charge >= 0.3 is 0 Å². The lowest BCUT2D eigenvalue weighted by Crippen LogP contribution is -2.52. The summed E-state index contributed by atoms with van der Waals surface area (Å²) in [6, 6.07) is 0.619. The van der Waals surface area contributed by atoms with Gasteiger partial charge in [0.15, 0.2) is 0 Å². The van der Waals surface area contributed by atoms with Gasteiger partial charge in [-0.05, 0) is 25.7 Å². The fourth-order valence-corrected chi connectivity index (χ4v) is 4.01. The Labute approximate surface area is 127 Å². The van der Waals surface area contributed by atoms with Crippen molar-refractivity contribution in [2.75, 3.05) is 26.2 Å². The van der Waals surface area contributed by atoms with Crippen LogP contribution in [0.2, 0.25) is 0 Å². The van der Waals surface area contributed by atoms with Crippen LogP contribution < -0.4 is 5.32 Å². The number of carbonyl (C=O) groups excluding carboxylic acids is 2. The third-order valence-corrected chi connectivity index (χ3v) is 5.25. The minimum Gasteiger partial charge on any atom is -0.354 e. The largest absolute Gasteiger partial charge is 0.354 e. The molecule has 3 saturated heterocycles. The van der Waals surface area contributed by atoms with Crippen molar-refractivity contribution >= 4 is 11.8 Å². The normalized spacial score (nSPS) is 31.2. The van der Waals surface area contributed by atoms with Crippen molar-refractivity contribution in [2.45, 2.75) is 63.5 Å². The molecule has 3 heterocycles. The van der Waals surface area contributed by atoms with Crippen LogP contribution in [0.25, 0.3) is 0 Å². The molecular formula is C16H27N3O2. The van der Waals surface area contributed by atoms with Crippen LogP contribution in [0.5, 0.6) is 0 Å². The summed E-state index contributed by atoms with van der Waals surface area (Å²) >= 11 is 0. The highest BCUT2D eigenvalue weighted by Gasteiger charge is 2.36. The molecule has 1 N–H and O–H groups in total. The van der Waals surface area contributed by atoms with Crippen LogP contribution in [0.4, 0.5) is 0 Å². The van der Waals surface area contributed by atoms with Crippen molar-refractivity contribution in [2.24, 2.45) is 0 Å². The standard InChI is InChI=1S/C16H27N3O2/c20-15-10-13-6-5-7-14(11-17-15)19(13)12-16(21)18-8-3-1-2-4-9-18/h13-14H,1-12H2,(H,17,20)/t13-,14+/m1/s1. The summed E-state index contributed by atoms with van der Waals surface area (Å²) in [7, 11) is 0. The van der Waals surface area contributed by atoms with Crippen molar-refractivity contribution in [3.63, 3.8) is 0 Å². The fourth-order valence-electron chi connectivity index (χ4n) is 4.01. The molecular weight excluding hydrogens is 266 g/mol. The monoisotopic (exact) mass is 293 g/mol. The van der Waals surface area contributed by atoms with Crippen molar-refractivity contribution in [1.82, 2.24) is 15.1 Å². The lowest BCUT2D eigenvalue weighted by atomic mass is 9.94. The Morgan fingerprint density at radius 1 is 1.05 bits per heavy atom. The van der Waals surface area contributed by atoms with Crippen molar-refractivity contribution in [3.05, 3.63) is 0 Å². The van der Waals surface area contributed by atoms with E-state index in [1.54, 1.807) is 0 Å². The second-order valence-electron chi connectivity index (χ2n) is 6.71. The zero-order valence-corrected chi connectivity index (χ0v) is 12.9. The zero-order chi connectivity index (χ0) is 14.7. The van der Waals surface area contributed by atoms with Crippen LogP contribution >= 0.6 is 0 Å². The summed E-state index contributed by atoms with van der Waals surface area (Å²) in [4.78, 5) is 28.8. The molecule has 5 nitrogen and oxygen atoms in total. The van der Waals surface area contributed by atoms with Gasteiger partial charge in [0.25, 0.3) is 0 Å². The molecule has 0 aromatic carbocycles. The van der Waals surface area contributed by atoms with Crippen molar-refractivity contribution in [1.29, 1.82) is 0 Å².